The van der Waals surface area contributed by atoms with Crippen molar-refractivity contribution in [2.24, 2.45) is 11.5 Å². The highest BCUT2D eigenvalue weighted by Crippen LogP contribution is 2.20. The molecule has 0 aromatic carbocycles. The Hall–Kier alpha value is -2.43. The van der Waals surface area contributed by atoms with Crippen molar-refractivity contribution in [2.75, 3.05) is 5.75 Å². The highest BCUT2D eigenvalue weighted by Gasteiger charge is 2.35. The molecule has 0 fully saturated rings. The van der Waals surface area contributed by atoms with Crippen LogP contribution >= 0.6 is 0 Å². The third-order valence-electron chi connectivity index (χ3n) is 2.82. The van der Waals surface area contributed by atoms with E-state index in [-0.39, 0.29) is 17.5 Å². The van der Waals surface area contributed by atoms with Crippen molar-refractivity contribution >= 4 is 21.7 Å². The van der Waals surface area contributed by atoms with Crippen LogP contribution in [0, 0.1) is 0 Å². The maximum Gasteiger partial charge on any atom is 0.309 e. The maximum absolute atomic E-state index is 11.3. The summed E-state index contributed by atoms with van der Waals surface area (Å²) in [6.07, 6.45) is -1.40. The zero-order valence-electron chi connectivity index (χ0n) is 12.7. The molecular weight excluding hydrogens is 332 g/mol. The van der Waals surface area contributed by atoms with E-state index in [9.17, 15) is 18.0 Å². The summed E-state index contributed by atoms with van der Waals surface area (Å²) in [6, 6.07) is 0. The molecule has 2 aliphatic rings. The first-order chi connectivity index (χ1) is 10.5. The predicted octanol–water partition coefficient (Wildman–Crippen LogP) is -0.872. The number of ether oxygens (including phenoxy) is 2. The van der Waals surface area contributed by atoms with Crippen LogP contribution in [0.15, 0.2) is 23.3 Å². The number of carbonyl (C=O) groups is 2. The van der Waals surface area contributed by atoms with Crippen LogP contribution in [-0.4, -0.2) is 43.1 Å². The molecule has 130 valence electrons. The van der Waals surface area contributed by atoms with Gasteiger partial charge in [0.2, 0.25) is 34.9 Å². The van der Waals surface area contributed by atoms with Gasteiger partial charge >= 0.3 is 10.1 Å². The van der Waals surface area contributed by atoms with E-state index < -0.39 is 45.4 Å². The third-order valence-corrected chi connectivity index (χ3v) is 3.95. The minimum atomic E-state index is -3.73. The third kappa shape index (κ3) is 4.28. The van der Waals surface area contributed by atoms with Crippen molar-refractivity contribution < 1.29 is 36.8 Å². The number of hydrogen-bond donors (Lipinski definition) is 3. The van der Waals surface area contributed by atoms with Crippen molar-refractivity contribution in [3.05, 3.63) is 23.3 Å². The Morgan fingerprint density at radius 1 is 1.09 bits per heavy atom. The number of nitrogens with two attached hydrogens (primary N) is 2. The fraction of sp³-hybridized carbons (Fsp3) is 0.500. The Kier molecular flexibility index (Phi) is 5.48. The van der Waals surface area contributed by atoms with Gasteiger partial charge in [0.05, 0.1) is 5.75 Å². The average molecular weight is 350 g/mol. The molecule has 0 aliphatic carbocycles. The van der Waals surface area contributed by atoms with Gasteiger partial charge in [0.1, 0.15) is 0 Å². The van der Waals surface area contributed by atoms with Gasteiger partial charge in [-0.2, -0.15) is 8.42 Å². The Balaban J connectivity index is 0.000000253. The fourth-order valence-electron chi connectivity index (χ4n) is 1.49. The van der Waals surface area contributed by atoms with Gasteiger partial charge in [-0.3, -0.25) is 9.59 Å². The highest BCUT2D eigenvalue weighted by atomic mass is 32.2. The van der Waals surface area contributed by atoms with Crippen molar-refractivity contribution in [3.63, 3.8) is 0 Å². The summed E-state index contributed by atoms with van der Waals surface area (Å²) in [5.41, 5.74) is 10.3. The molecule has 23 heavy (non-hydrogen) atoms. The van der Waals surface area contributed by atoms with Crippen LogP contribution in [0.2, 0.25) is 0 Å². The van der Waals surface area contributed by atoms with Gasteiger partial charge in [-0.1, -0.05) is 0 Å². The lowest BCUT2D eigenvalue weighted by Gasteiger charge is -2.02. The number of carbonyl (C=O) groups excluding carboxylic acids is 2. The number of aliphatic hydroxyl groups is 1. The molecule has 2 aliphatic heterocycles. The van der Waals surface area contributed by atoms with E-state index in [1.54, 1.807) is 0 Å². The molecule has 2 atom stereocenters. The topological polar surface area (TPSA) is 168 Å². The molecule has 0 radical (unpaired) electrons. The van der Waals surface area contributed by atoms with E-state index in [0.717, 1.165) is 0 Å². The molecule has 0 saturated heterocycles. The SMILES string of the molecule is CC1OC(N)=C(O)C1=O.CCS(=O)(=O)OC1=C(N)OC(C)C1=O. The second-order valence-electron chi connectivity index (χ2n) is 4.58. The summed E-state index contributed by atoms with van der Waals surface area (Å²) in [4.78, 5) is 21.9. The molecule has 2 rings (SSSR count). The van der Waals surface area contributed by atoms with Crippen molar-refractivity contribution in [3.8, 4) is 0 Å². The molecule has 0 saturated carbocycles. The zero-order chi connectivity index (χ0) is 17.9. The van der Waals surface area contributed by atoms with Crippen LogP contribution in [0.1, 0.15) is 20.8 Å². The van der Waals surface area contributed by atoms with Crippen molar-refractivity contribution in [1.29, 1.82) is 0 Å². The van der Waals surface area contributed by atoms with E-state index in [1.807, 2.05) is 0 Å². The molecular formula is C12H18N2O8S. The van der Waals surface area contributed by atoms with Crippen molar-refractivity contribution in [1.82, 2.24) is 0 Å². The van der Waals surface area contributed by atoms with Crippen LogP contribution in [-0.2, 0) is 33.4 Å². The van der Waals surface area contributed by atoms with E-state index in [1.165, 1.54) is 20.8 Å². The maximum atomic E-state index is 11.3. The van der Waals surface area contributed by atoms with Gasteiger partial charge < -0.3 is 30.2 Å². The summed E-state index contributed by atoms with van der Waals surface area (Å²) in [6.45, 7) is 4.39. The number of Topliss-reactive ketones (excluding diaryl/α,β-unsaturated/α-hetero) is 2. The fourth-order valence-corrected chi connectivity index (χ4v) is 2.02. The van der Waals surface area contributed by atoms with Crippen LogP contribution in [0.3, 0.4) is 0 Å². The molecule has 0 aromatic rings. The van der Waals surface area contributed by atoms with Gasteiger partial charge in [0, 0.05) is 0 Å². The quantitative estimate of drug-likeness (QED) is 0.544. The Bertz CT molecular complexity index is 679. The summed E-state index contributed by atoms with van der Waals surface area (Å²) in [5, 5.41) is 8.72. The smallest absolute Gasteiger partial charge is 0.309 e. The van der Waals surface area contributed by atoms with Gasteiger partial charge in [-0.25, -0.2) is 0 Å². The zero-order valence-corrected chi connectivity index (χ0v) is 13.5. The largest absolute Gasteiger partial charge is 0.501 e. The molecule has 11 heteroatoms. The lowest BCUT2D eigenvalue weighted by molar-refractivity contribution is -0.122. The van der Waals surface area contributed by atoms with Gasteiger partial charge in [0.25, 0.3) is 0 Å². The first-order valence-corrected chi connectivity index (χ1v) is 8.10. The Morgan fingerprint density at radius 3 is 1.83 bits per heavy atom. The average Bonchev–Trinajstić information content (AvgIpc) is 2.84. The second-order valence-corrected chi connectivity index (χ2v) is 6.44. The Labute approximate surface area is 132 Å². The summed E-state index contributed by atoms with van der Waals surface area (Å²) < 4.78 is 36.0. The normalized spacial score (nSPS) is 24.1. The molecule has 0 amide bonds. The lowest BCUT2D eigenvalue weighted by Crippen LogP contribution is -2.18. The number of ketones is 2. The van der Waals surface area contributed by atoms with E-state index in [0.29, 0.717) is 0 Å². The van der Waals surface area contributed by atoms with Crippen molar-refractivity contribution in [2.45, 2.75) is 33.0 Å². The van der Waals surface area contributed by atoms with Crippen LogP contribution in [0.5, 0.6) is 0 Å². The van der Waals surface area contributed by atoms with Gasteiger partial charge in [-0.15, -0.1) is 0 Å². The molecule has 0 spiro atoms. The van der Waals surface area contributed by atoms with E-state index in [2.05, 4.69) is 8.92 Å². The first kappa shape index (κ1) is 18.6. The predicted molar refractivity (Wildman–Crippen MR) is 76.7 cm³/mol. The molecule has 0 aromatic heterocycles. The minimum absolute atomic E-state index is 0.174. The summed E-state index contributed by atoms with van der Waals surface area (Å²) in [5.74, 6) is -2.56. The number of aliphatic hydroxyl groups excluding tert-OH is 1. The first-order valence-electron chi connectivity index (χ1n) is 6.52. The number of rotatable bonds is 3. The van der Waals surface area contributed by atoms with E-state index >= 15 is 0 Å². The van der Waals surface area contributed by atoms with E-state index in [4.69, 9.17) is 21.3 Å². The molecule has 2 heterocycles. The molecule has 2 unspecified atom stereocenters. The lowest BCUT2D eigenvalue weighted by atomic mass is 10.2. The summed E-state index contributed by atoms with van der Waals surface area (Å²) >= 11 is 0. The number of hydrogen-bond acceptors (Lipinski definition) is 10. The van der Waals surface area contributed by atoms with Gasteiger partial charge in [0.15, 0.2) is 12.2 Å². The summed E-state index contributed by atoms with van der Waals surface area (Å²) in [7, 11) is -3.73. The standard InChI is InChI=1S/C7H11NO5S.C5H7NO3/c1-3-14(10,11)13-6-5(9)4(2)12-7(6)8;1-2-3(7)4(8)5(6)9-2/h4H,3,8H2,1-2H3;2,8H,6H2,1H3. The molecule has 0 bridgehead atoms. The monoisotopic (exact) mass is 350 g/mol. The van der Waals surface area contributed by atoms with Gasteiger partial charge in [-0.05, 0) is 20.8 Å². The second kappa shape index (κ2) is 6.77. The van der Waals surface area contributed by atoms with Crippen LogP contribution in [0.4, 0.5) is 0 Å². The Morgan fingerprint density at radius 2 is 1.57 bits per heavy atom. The van der Waals surface area contributed by atoms with Crippen LogP contribution < -0.4 is 11.5 Å². The molecule has 5 N–H and O–H groups in total. The minimum Gasteiger partial charge on any atom is -0.501 e. The molecule has 10 nitrogen and oxygen atoms in total. The van der Waals surface area contributed by atoms with Crippen LogP contribution in [0.25, 0.3) is 0 Å². The highest BCUT2D eigenvalue weighted by molar-refractivity contribution is 7.86.